The Balaban J connectivity index is 1.15. The number of rotatable bonds is 7. The van der Waals surface area contributed by atoms with E-state index in [4.69, 9.17) is 16.6 Å². The second kappa shape index (κ2) is 14.1. The van der Waals surface area contributed by atoms with Crippen LogP contribution >= 0.6 is 11.6 Å². The van der Waals surface area contributed by atoms with Crippen molar-refractivity contribution in [3.8, 4) is 17.1 Å². The molecule has 0 bridgehead atoms. The van der Waals surface area contributed by atoms with E-state index < -0.39 is 41.3 Å². The van der Waals surface area contributed by atoms with Crippen LogP contribution in [0.2, 0.25) is 5.02 Å². The molecule has 2 amide bonds. The van der Waals surface area contributed by atoms with Crippen molar-refractivity contribution in [1.82, 2.24) is 38.9 Å². The monoisotopic (exact) mass is 794 g/mol. The summed E-state index contributed by atoms with van der Waals surface area (Å²) in [5.41, 5.74) is 1.01. The average molecular weight is 795 g/mol. The van der Waals surface area contributed by atoms with Gasteiger partial charge in [0.25, 0.3) is 11.5 Å². The zero-order chi connectivity index (χ0) is 39.6. The highest BCUT2D eigenvalue weighted by molar-refractivity contribution is 6.33. The maximum Gasteiger partial charge on any atom is 0.416 e. The second-order valence-corrected chi connectivity index (χ2v) is 14.7. The number of piperazine rings is 1. The Morgan fingerprint density at radius 3 is 2.41 bits per heavy atom. The number of amides is 2. The van der Waals surface area contributed by atoms with Gasteiger partial charge in [0.15, 0.2) is 17.3 Å². The smallest absolute Gasteiger partial charge is 0.416 e. The molecule has 0 radical (unpaired) electrons. The maximum atomic E-state index is 14.5. The summed E-state index contributed by atoms with van der Waals surface area (Å²) in [6, 6.07) is 9.06. The van der Waals surface area contributed by atoms with E-state index in [1.807, 2.05) is 28.9 Å². The maximum absolute atomic E-state index is 14.5. The van der Waals surface area contributed by atoms with Gasteiger partial charge in [0.1, 0.15) is 24.2 Å². The number of anilines is 2. The molecular weight excluding hydrogens is 760 g/mol. The molecule has 0 saturated carbocycles. The number of fused-ring (bicyclic) bond motifs is 3. The van der Waals surface area contributed by atoms with Crippen molar-refractivity contribution >= 4 is 40.6 Å². The van der Waals surface area contributed by atoms with E-state index in [9.17, 15) is 37.1 Å². The van der Waals surface area contributed by atoms with Crippen molar-refractivity contribution in [1.29, 1.82) is 0 Å². The summed E-state index contributed by atoms with van der Waals surface area (Å²) in [5.74, 6) is -1.44. The van der Waals surface area contributed by atoms with E-state index >= 15 is 0 Å². The van der Waals surface area contributed by atoms with E-state index in [1.54, 1.807) is 23.6 Å². The molecule has 2 aromatic carbocycles. The number of halogens is 5. The van der Waals surface area contributed by atoms with Crippen LogP contribution < -0.4 is 15.8 Å². The number of nitrogens with one attached hydrogen (secondary N) is 1. The number of aromatic hydroxyl groups is 1. The van der Waals surface area contributed by atoms with E-state index in [1.165, 1.54) is 11.2 Å². The molecule has 3 aromatic heterocycles. The van der Waals surface area contributed by atoms with Crippen molar-refractivity contribution in [3.05, 3.63) is 92.4 Å². The van der Waals surface area contributed by atoms with Crippen LogP contribution in [0.25, 0.3) is 17.2 Å². The first-order chi connectivity index (χ1) is 26.7. The third kappa shape index (κ3) is 6.69. The lowest BCUT2D eigenvalue weighted by Gasteiger charge is -2.36. The SMILES string of the molecule is Cc1ncnc(C(=O)N2CCN(c3c4n(c5nc(-c6ccc(CN7CC(F)C7)cc6)nn5c3=O)[C@@H](C(=O)Nc3ccc(C(F)(F)F)cc3Cl)C[C@H]4C)CC2)c1O. The lowest BCUT2D eigenvalue weighted by molar-refractivity contribution is -0.137. The number of benzene rings is 2. The molecule has 2 atom stereocenters. The van der Waals surface area contributed by atoms with Gasteiger partial charge in [0, 0.05) is 57.3 Å². The summed E-state index contributed by atoms with van der Waals surface area (Å²) < 4.78 is 56.2. The highest BCUT2D eigenvalue weighted by Gasteiger charge is 2.41. The van der Waals surface area contributed by atoms with Gasteiger partial charge in [-0.2, -0.15) is 22.7 Å². The van der Waals surface area contributed by atoms with E-state index in [0.717, 1.165) is 28.3 Å². The number of hydrogen-bond acceptors (Lipinski definition) is 10. The second-order valence-electron chi connectivity index (χ2n) is 14.3. The Hall–Kier alpha value is -5.62. The van der Waals surface area contributed by atoms with Gasteiger partial charge < -0.3 is 20.2 Å². The number of nitrogens with zero attached hydrogens (tertiary/aromatic N) is 9. The molecule has 56 heavy (non-hydrogen) atoms. The van der Waals surface area contributed by atoms with Crippen LogP contribution in [-0.2, 0) is 17.5 Å². The zero-order valence-corrected chi connectivity index (χ0v) is 30.9. The van der Waals surface area contributed by atoms with Crippen molar-refractivity contribution in [3.63, 3.8) is 0 Å². The standard InChI is InChI=1S/C37H35ClF4N10O4/c1-19-13-27(33(54)45-26-8-7-23(14-25(26)38)37(40,41)42)51-29(19)30(49-9-11-50(12-10-49)34(55)28-31(53)20(2)43-18-44-28)35(56)52-36(51)46-32(47-52)22-5-3-21(4-6-22)15-48-16-24(39)17-48/h3-8,14,18-19,24,27,53H,9-13,15-17H2,1-2H3,(H,45,54)/t19-,27-/m1/s1. The van der Waals surface area contributed by atoms with Gasteiger partial charge in [-0.25, -0.2) is 14.4 Å². The summed E-state index contributed by atoms with van der Waals surface area (Å²) in [5, 5.41) is 17.4. The first-order valence-corrected chi connectivity index (χ1v) is 18.3. The third-order valence-corrected chi connectivity index (χ3v) is 10.8. The lowest BCUT2D eigenvalue weighted by Crippen LogP contribution is -2.51. The van der Waals surface area contributed by atoms with Gasteiger partial charge in [-0.3, -0.25) is 23.9 Å². The molecule has 2 saturated heterocycles. The fourth-order valence-corrected chi connectivity index (χ4v) is 7.80. The lowest BCUT2D eigenvalue weighted by atomic mass is 10.0. The van der Waals surface area contributed by atoms with Gasteiger partial charge >= 0.3 is 6.18 Å². The molecule has 292 valence electrons. The first kappa shape index (κ1) is 37.3. The summed E-state index contributed by atoms with van der Waals surface area (Å²) >= 11 is 6.21. The molecule has 2 N–H and O–H groups in total. The van der Waals surface area contributed by atoms with Gasteiger partial charge in [-0.05, 0) is 37.1 Å². The van der Waals surface area contributed by atoms with Crippen LogP contribution in [0.15, 0.2) is 53.6 Å². The predicted molar refractivity (Wildman–Crippen MR) is 197 cm³/mol. The molecule has 19 heteroatoms. The molecule has 2 fully saturated rings. The fourth-order valence-electron chi connectivity index (χ4n) is 7.57. The quantitative estimate of drug-likeness (QED) is 0.219. The van der Waals surface area contributed by atoms with Crippen LogP contribution in [0.3, 0.4) is 0 Å². The summed E-state index contributed by atoms with van der Waals surface area (Å²) in [6.45, 7) is 5.56. The molecule has 6 heterocycles. The Labute approximate surface area is 321 Å². The highest BCUT2D eigenvalue weighted by Crippen LogP contribution is 2.42. The molecule has 0 unspecified atom stereocenters. The van der Waals surface area contributed by atoms with Crippen LogP contribution in [0.1, 0.15) is 58.3 Å². The Morgan fingerprint density at radius 2 is 1.75 bits per heavy atom. The molecule has 14 nitrogen and oxygen atoms in total. The van der Waals surface area contributed by atoms with Crippen LogP contribution in [0.4, 0.5) is 28.9 Å². The van der Waals surface area contributed by atoms with Gasteiger partial charge in [-0.1, -0.05) is 42.8 Å². The topological polar surface area (TPSA) is 154 Å². The van der Waals surface area contributed by atoms with Crippen molar-refractivity contribution in [2.45, 2.75) is 51.1 Å². The number of aryl methyl sites for hydroxylation is 1. The number of carbonyl (C=O) groups is 2. The average Bonchev–Trinajstić information content (AvgIpc) is 3.75. The summed E-state index contributed by atoms with van der Waals surface area (Å²) in [7, 11) is 0. The minimum Gasteiger partial charge on any atom is -0.504 e. The number of hydrogen-bond donors (Lipinski definition) is 2. The molecule has 8 rings (SSSR count). The molecule has 3 aliphatic rings. The van der Waals surface area contributed by atoms with Gasteiger partial charge in [-0.15, -0.1) is 5.10 Å². The molecule has 0 spiro atoms. The Kier molecular flexibility index (Phi) is 9.43. The summed E-state index contributed by atoms with van der Waals surface area (Å²) in [6.07, 6.45) is -4.03. The largest absolute Gasteiger partial charge is 0.504 e. The molecule has 5 aromatic rings. The number of aromatic nitrogens is 6. The normalized spacial score (nSPS) is 19.0. The molecular formula is C37H35ClF4N10O4. The molecule has 3 aliphatic heterocycles. The van der Waals surface area contributed by atoms with Crippen molar-refractivity contribution in [2.75, 3.05) is 49.5 Å². The van der Waals surface area contributed by atoms with Crippen molar-refractivity contribution < 1.29 is 32.3 Å². The fraction of sp³-hybridized carbons (Fsp3) is 0.378. The first-order valence-electron chi connectivity index (χ1n) is 17.9. The zero-order valence-electron chi connectivity index (χ0n) is 30.1. The van der Waals surface area contributed by atoms with E-state index in [0.29, 0.717) is 30.9 Å². The third-order valence-electron chi connectivity index (χ3n) is 10.5. The summed E-state index contributed by atoms with van der Waals surface area (Å²) in [4.78, 5) is 59.9. The van der Waals surface area contributed by atoms with Gasteiger partial charge in [0.2, 0.25) is 11.7 Å². The van der Waals surface area contributed by atoms with E-state index in [2.05, 4.69) is 20.4 Å². The minimum atomic E-state index is -4.63. The van der Waals surface area contributed by atoms with Crippen LogP contribution in [0, 0.1) is 6.92 Å². The molecule has 0 aliphatic carbocycles. The number of likely N-dealkylation sites (tertiary alicyclic amines) is 1. The Bertz CT molecular complexity index is 2430. The number of alkyl halides is 4. The number of carbonyl (C=O) groups excluding carboxylic acids is 2. The highest BCUT2D eigenvalue weighted by atomic mass is 35.5. The predicted octanol–water partition coefficient (Wildman–Crippen LogP) is 4.84. The Morgan fingerprint density at radius 1 is 1.04 bits per heavy atom. The minimum absolute atomic E-state index is 0.0173. The van der Waals surface area contributed by atoms with Gasteiger partial charge in [0.05, 0.1) is 27.7 Å². The van der Waals surface area contributed by atoms with Crippen LogP contribution in [0.5, 0.6) is 5.75 Å². The van der Waals surface area contributed by atoms with E-state index in [-0.39, 0.29) is 83.7 Å². The van der Waals surface area contributed by atoms with Crippen molar-refractivity contribution in [2.24, 2.45) is 0 Å². The van der Waals surface area contributed by atoms with Crippen LogP contribution in [-0.4, -0.2) is 101 Å².